The first-order valence-electron chi connectivity index (χ1n) is 7.41. The zero-order valence-corrected chi connectivity index (χ0v) is 13.3. The lowest BCUT2D eigenvalue weighted by Crippen LogP contribution is -2.32. The van der Waals surface area contributed by atoms with Crippen LogP contribution in [-0.4, -0.2) is 35.3 Å². The van der Waals surface area contributed by atoms with Gasteiger partial charge in [0, 0.05) is 31.0 Å². The second kappa shape index (κ2) is 7.43. The Kier molecular flexibility index (Phi) is 6.20. The SMILES string of the molecule is CCC(CC)(CO)CNc1cc(NC)nc(C(C)C)n1. The molecule has 5 heteroatoms. The fourth-order valence-corrected chi connectivity index (χ4v) is 2.00. The standard InChI is InChI=1S/C15H28N4O/c1-6-15(7-2,10-20)9-17-13-8-12(16-5)18-14(19-13)11(3)4/h8,11,20H,6-7,9-10H2,1-5H3,(H2,16,17,18,19). The Hall–Kier alpha value is -1.36. The van der Waals surface area contributed by atoms with Crippen LogP contribution in [0.1, 0.15) is 52.3 Å². The second-order valence-electron chi connectivity index (χ2n) is 5.62. The highest BCUT2D eigenvalue weighted by Gasteiger charge is 2.25. The van der Waals surface area contributed by atoms with E-state index in [1.54, 1.807) is 0 Å². The summed E-state index contributed by atoms with van der Waals surface area (Å²) in [5.74, 6) is 2.73. The Labute approximate surface area is 122 Å². The van der Waals surface area contributed by atoms with Crippen molar-refractivity contribution in [2.45, 2.75) is 46.5 Å². The van der Waals surface area contributed by atoms with Gasteiger partial charge < -0.3 is 15.7 Å². The number of hydrogen-bond acceptors (Lipinski definition) is 5. The first-order valence-corrected chi connectivity index (χ1v) is 7.41. The summed E-state index contributed by atoms with van der Waals surface area (Å²) < 4.78 is 0. The fraction of sp³-hybridized carbons (Fsp3) is 0.733. The third-order valence-electron chi connectivity index (χ3n) is 4.00. The van der Waals surface area contributed by atoms with Gasteiger partial charge in [0.1, 0.15) is 17.5 Å². The van der Waals surface area contributed by atoms with Crippen molar-refractivity contribution in [2.24, 2.45) is 5.41 Å². The fourth-order valence-electron chi connectivity index (χ4n) is 2.00. The van der Waals surface area contributed by atoms with Crippen LogP contribution in [0.5, 0.6) is 0 Å². The molecule has 0 atom stereocenters. The first kappa shape index (κ1) is 16.7. The zero-order valence-electron chi connectivity index (χ0n) is 13.3. The van der Waals surface area contributed by atoms with E-state index in [9.17, 15) is 5.11 Å². The molecule has 0 bridgehead atoms. The van der Waals surface area contributed by atoms with E-state index >= 15 is 0 Å². The molecule has 0 aliphatic rings. The summed E-state index contributed by atoms with van der Waals surface area (Å²) in [6, 6.07) is 1.90. The van der Waals surface area contributed by atoms with Crippen LogP contribution < -0.4 is 10.6 Å². The zero-order chi connectivity index (χ0) is 15.2. The lowest BCUT2D eigenvalue weighted by atomic mass is 9.83. The van der Waals surface area contributed by atoms with E-state index in [0.717, 1.165) is 30.3 Å². The molecule has 0 saturated carbocycles. The topological polar surface area (TPSA) is 70.1 Å². The third kappa shape index (κ3) is 4.07. The molecular formula is C15H28N4O. The molecule has 0 aromatic carbocycles. The second-order valence-corrected chi connectivity index (χ2v) is 5.62. The van der Waals surface area contributed by atoms with E-state index in [1.165, 1.54) is 0 Å². The Morgan fingerprint density at radius 3 is 2.25 bits per heavy atom. The maximum atomic E-state index is 9.61. The van der Waals surface area contributed by atoms with Gasteiger partial charge in [0.05, 0.1) is 6.61 Å². The summed E-state index contributed by atoms with van der Waals surface area (Å²) in [6.45, 7) is 9.28. The van der Waals surface area contributed by atoms with Crippen molar-refractivity contribution in [1.82, 2.24) is 9.97 Å². The third-order valence-corrected chi connectivity index (χ3v) is 4.00. The summed E-state index contributed by atoms with van der Waals surface area (Å²) in [5.41, 5.74) is -0.0806. The van der Waals surface area contributed by atoms with Crippen molar-refractivity contribution in [1.29, 1.82) is 0 Å². The van der Waals surface area contributed by atoms with Crippen LogP contribution in [0.2, 0.25) is 0 Å². The maximum absolute atomic E-state index is 9.61. The number of aliphatic hydroxyl groups is 1. The van der Waals surface area contributed by atoms with Crippen molar-refractivity contribution in [3.63, 3.8) is 0 Å². The van der Waals surface area contributed by atoms with Crippen LogP contribution in [0, 0.1) is 5.41 Å². The van der Waals surface area contributed by atoms with Crippen LogP contribution in [0.15, 0.2) is 6.07 Å². The van der Waals surface area contributed by atoms with Crippen molar-refractivity contribution in [3.8, 4) is 0 Å². The first-order chi connectivity index (χ1) is 9.50. The Balaban J connectivity index is 2.89. The van der Waals surface area contributed by atoms with Crippen LogP contribution >= 0.6 is 0 Å². The van der Waals surface area contributed by atoms with Crippen LogP contribution in [-0.2, 0) is 0 Å². The number of anilines is 2. The van der Waals surface area contributed by atoms with Crippen molar-refractivity contribution in [3.05, 3.63) is 11.9 Å². The Bertz CT molecular complexity index is 408. The Morgan fingerprint density at radius 2 is 1.80 bits per heavy atom. The van der Waals surface area contributed by atoms with Crippen LogP contribution in [0.25, 0.3) is 0 Å². The molecule has 1 heterocycles. The highest BCUT2D eigenvalue weighted by atomic mass is 16.3. The minimum atomic E-state index is -0.0806. The molecule has 0 aliphatic carbocycles. The smallest absolute Gasteiger partial charge is 0.135 e. The van der Waals surface area contributed by atoms with Crippen molar-refractivity contribution in [2.75, 3.05) is 30.8 Å². The average molecular weight is 280 g/mol. The van der Waals surface area contributed by atoms with E-state index in [1.807, 2.05) is 13.1 Å². The van der Waals surface area contributed by atoms with Crippen LogP contribution in [0.4, 0.5) is 11.6 Å². The number of aliphatic hydroxyl groups excluding tert-OH is 1. The van der Waals surface area contributed by atoms with Gasteiger partial charge in [0.2, 0.25) is 0 Å². The van der Waals surface area contributed by atoms with Gasteiger partial charge >= 0.3 is 0 Å². The molecule has 1 rings (SSSR count). The number of nitrogens with one attached hydrogen (secondary N) is 2. The maximum Gasteiger partial charge on any atom is 0.135 e. The lowest BCUT2D eigenvalue weighted by Gasteiger charge is -2.29. The molecule has 0 fully saturated rings. The van der Waals surface area contributed by atoms with Gasteiger partial charge in [-0.25, -0.2) is 9.97 Å². The molecule has 1 aromatic heterocycles. The summed E-state index contributed by atoms with van der Waals surface area (Å²) in [4.78, 5) is 8.99. The van der Waals surface area contributed by atoms with E-state index in [-0.39, 0.29) is 17.9 Å². The summed E-state index contributed by atoms with van der Waals surface area (Å²) in [5, 5.41) is 16.0. The minimum absolute atomic E-state index is 0.0806. The highest BCUT2D eigenvalue weighted by Crippen LogP contribution is 2.26. The molecule has 0 spiro atoms. The minimum Gasteiger partial charge on any atom is -0.396 e. The monoisotopic (exact) mass is 280 g/mol. The summed E-state index contributed by atoms with van der Waals surface area (Å²) in [7, 11) is 1.85. The number of aromatic nitrogens is 2. The molecule has 3 N–H and O–H groups in total. The predicted octanol–water partition coefficient (Wildman–Crippen LogP) is 2.85. The van der Waals surface area contributed by atoms with Gasteiger partial charge in [-0.15, -0.1) is 0 Å². The normalized spacial score (nSPS) is 11.8. The number of nitrogens with zero attached hydrogens (tertiary/aromatic N) is 2. The molecule has 0 saturated heterocycles. The van der Waals surface area contributed by atoms with Crippen molar-refractivity contribution < 1.29 is 5.11 Å². The summed E-state index contributed by atoms with van der Waals surface area (Å²) in [6.07, 6.45) is 1.88. The summed E-state index contributed by atoms with van der Waals surface area (Å²) >= 11 is 0. The molecule has 0 unspecified atom stereocenters. The van der Waals surface area contributed by atoms with Crippen molar-refractivity contribution >= 4 is 11.6 Å². The molecule has 20 heavy (non-hydrogen) atoms. The highest BCUT2D eigenvalue weighted by molar-refractivity contribution is 5.47. The van der Waals surface area contributed by atoms with E-state index in [4.69, 9.17) is 0 Å². The lowest BCUT2D eigenvalue weighted by molar-refractivity contribution is 0.127. The predicted molar refractivity (Wildman–Crippen MR) is 84.3 cm³/mol. The quantitative estimate of drug-likeness (QED) is 0.683. The largest absolute Gasteiger partial charge is 0.396 e. The van der Waals surface area contributed by atoms with E-state index in [0.29, 0.717) is 6.54 Å². The van der Waals surface area contributed by atoms with Gasteiger partial charge in [-0.3, -0.25) is 0 Å². The molecule has 1 aromatic rings. The van der Waals surface area contributed by atoms with E-state index in [2.05, 4.69) is 48.3 Å². The molecule has 114 valence electrons. The van der Waals surface area contributed by atoms with Gasteiger partial charge in [0.25, 0.3) is 0 Å². The number of rotatable bonds is 8. The molecule has 0 amide bonds. The molecule has 0 radical (unpaired) electrons. The van der Waals surface area contributed by atoms with Gasteiger partial charge in [-0.05, 0) is 12.8 Å². The number of hydrogen-bond donors (Lipinski definition) is 3. The van der Waals surface area contributed by atoms with Crippen LogP contribution in [0.3, 0.4) is 0 Å². The van der Waals surface area contributed by atoms with Gasteiger partial charge in [-0.1, -0.05) is 27.7 Å². The van der Waals surface area contributed by atoms with Gasteiger partial charge in [0.15, 0.2) is 0 Å². The molecule has 5 nitrogen and oxygen atoms in total. The van der Waals surface area contributed by atoms with Gasteiger partial charge in [-0.2, -0.15) is 0 Å². The molecule has 0 aliphatic heterocycles. The average Bonchev–Trinajstić information content (AvgIpc) is 2.48. The Morgan fingerprint density at radius 1 is 1.20 bits per heavy atom. The molecular weight excluding hydrogens is 252 g/mol. The van der Waals surface area contributed by atoms with E-state index < -0.39 is 0 Å².